The maximum absolute atomic E-state index is 4.85. The average Bonchev–Trinajstić information content (AvgIpc) is 3.09. The van der Waals surface area contributed by atoms with Gasteiger partial charge in [-0.15, -0.1) is 23.7 Å². The Kier molecular flexibility index (Phi) is 6.21. The van der Waals surface area contributed by atoms with E-state index < -0.39 is 0 Å². The van der Waals surface area contributed by atoms with E-state index in [0.29, 0.717) is 12.0 Å². The van der Waals surface area contributed by atoms with Crippen molar-refractivity contribution in [1.82, 2.24) is 20.3 Å². The summed E-state index contributed by atoms with van der Waals surface area (Å²) < 4.78 is 0. The van der Waals surface area contributed by atoms with E-state index in [2.05, 4.69) is 48.2 Å². The molecule has 0 radical (unpaired) electrons. The predicted octanol–water partition coefficient (Wildman–Crippen LogP) is 3.76. The second-order valence-electron chi connectivity index (χ2n) is 6.61. The lowest BCUT2D eigenvalue weighted by Gasteiger charge is -2.26. The standard InChI is InChI=1S/C18H22N4S.ClH.H2O/c1-10-6-13(4-5-19-10)18-20-9-17-16(22-18)8-15(21-17)14-7-11(2)23-12(14)3;;/h7-10,13,19,21H,4-6H2,1-3H3;1H;1H2. The Morgan fingerprint density at radius 3 is 2.72 bits per heavy atom. The first-order valence-electron chi connectivity index (χ1n) is 8.26. The molecule has 1 aliphatic rings. The van der Waals surface area contributed by atoms with Crippen LogP contribution < -0.4 is 5.32 Å². The number of rotatable bonds is 2. The number of fused-ring (bicyclic) bond motifs is 1. The van der Waals surface area contributed by atoms with Crippen LogP contribution in [0.5, 0.6) is 0 Å². The van der Waals surface area contributed by atoms with Crippen molar-refractivity contribution in [2.45, 2.75) is 45.6 Å². The third kappa shape index (κ3) is 3.87. The molecule has 3 aromatic heterocycles. The quantitative estimate of drug-likeness (QED) is 0.709. The summed E-state index contributed by atoms with van der Waals surface area (Å²) in [6, 6.07) is 4.96. The fraction of sp³-hybridized carbons (Fsp3) is 0.444. The monoisotopic (exact) mass is 380 g/mol. The molecule has 0 aromatic carbocycles. The lowest BCUT2D eigenvalue weighted by atomic mass is 9.92. The summed E-state index contributed by atoms with van der Waals surface area (Å²) in [5.41, 5.74) is 4.47. The zero-order valence-corrected chi connectivity index (χ0v) is 16.4. The maximum Gasteiger partial charge on any atom is 0.132 e. The van der Waals surface area contributed by atoms with Crippen molar-refractivity contribution < 1.29 is 5.48 Å². The Morgan fingerprint density at radius 1 is 1.24 bits per heavy atom. The van der Waals surface area contributed by atoms with E-state index in [9.17, 15) is 0 Å². The summed E-state index contributed by atoms with van der Waals surface area (Å²) in [6.45, 7) is 7.62. The molecule has 0 aliphatic carbocycles. The van der Waals surface area contributed by atoms with Gasteiger partial charge in [-0.3, -0.25) is 0 Å². The van der Waals surface area contributed by atoms with Gasteiger partial charge >= 0.3 is 0 Å². The molecule has 2 atom stereocenters. The molecule has 4 N–H and O–H groups in total. The minimum Gasteiger partial charge on any atom is -0.412 e. The molecule has 4 heterocycles. The molecule has 1 aliphatic heterocycles. The molecule has 3 aromatic rings. The van der Waals surface area contributed by atoms with Crippen LogP contribution in [0.15, 0.2) is 18.3 Å². The molecule has 1 saturated heterocycles. The minimum absolute atomic E-state index is 0. The van der Waals surface area contributed by atoms with Crippen LogP contribution in [0.4, 0.5) is 0 Å². The van der Waals surface area contributed by atoms with Gasteiger partial charge in [0.25, 0.3) is 0 Å². The average molecular weight is 381 g/mol. The third-order valence-electron chi connectivity index (χ3n) is 4.71. The SMILES string of the molecule is Cc1cc(-c2cc3nc(C4CCNC(C)C4)ncc3[nH]2)c(C)s1.Cl.O. The Balaban J connectivity index is 0.00000113. The number of nitrogens with one attached hydrogen (secondary N) is 2. The van der Waals surface area contributed by atoms with E-state index in [0.717, 1.165) is 41.9 Å². The minimum atomic E-state index is 0. The number of nitrogens with zero attached hydrogens (tertiary/aromatic N) is 2. The lowest BCUT2D eigenvalue weighted by Crippen LogP contribution is -2.35. The molecule has 1 fully saturated rings. The summed E-state index contributed by atoms with van der Waals surface area (Å²) in [5, 5.41) is 3.49. The van der Waals surface area contributed by atoms with Gasteiger partial charge < -0.3 is 15.8 Å². The van der Waals surface area contributed by atoms with Gasteiger partial charge in [0, 0.05) is 33.0 Å². The predicted molar refractivity (Wildman–Crippen MR) is 107 cm³/mol. The second kappa shape index (κ2) is 7.83. The summed E-state index contributed by atoms with van der Waals surface area (Å²) in [6.07, 6.45) is 4.18. The normalized spacial score (nSPS) is 20.1. The van der Waals surface area contributed by atoms with E-state index in [4.69, 9.17) is 4.98 Å². The highest BCUT2D eigenvalue weighted by Gasteiger charge is 2.22. The van der Waals surface area contributed by atoms with Crippen LogP contribution in [-0.2, 0) is 0 Å². The zero-order chi connectivity index (χ0) is 16.0. The van der Waals surface area contributed by atoms with Gasteiger partial charge in [0.05, 0.1) is 17.2 Å². The van der Waals surface area contributed by atoms with Crippen LogP contribution in [0.1, 0.15) is 41.3 Å². The van der Waals surface area contributed by atoms with E-state index in [-0.39, 0.29) is 17.9 Å². The van der Waals surface area contributed by atoms with Crippen molar-refractivity contribution in [1.29, 1.82) is 0 Å². The van der Waals surface area contributed by atoms with E-state index in [1.807, 2.05) is 17.5 Å². The maximum atomic E-state index is 4.85. The number of aryl methyl sites for hydroxylation is 2. The van der Waals surface area contributed by atoms with Gasteiger partial charge in [0.1, 0.15) is 5.82 Å². The van der Waals surface area contributed by atoms with Crippen molar-refractivity contribution >= 4 is 34.8 Å². The second-order valence-corrected chi connectivity index (χ2v) is 8.07. The topological polar surface area (TPSA) is 85.1 Å². The number of thiophene rings is 1. The number of H-pyrrole nitrogens is 1. The number of piperidine rings is 1. The number of halogens is 1. The van der Waals surface area contributed by atoms with Crippen LogP contribution in [0.25, 0.3) is 22.3 Å². The Bertz CT molecular complexity index is 860. The highest BCUT2D eigenvalue weighted by atomic mass is 35.5. The van der Waals surface area contributed by atoms with E-state index in [1.165, 1.54) is 15.3 Å². The van der Waals surface area contributed by atoms with E-state index >= 15 is 0 Å². The first kappa shape index (κ1) is 19.8. The summed E-state index contributed by atoms with van der Waals surface area (Å²) in [7, 11) is 0. The molecule has 0 amide bonds. The molecule has 4 rings (SSSR count). The molecule has 0 spiro atoms. The van der Waals surface area contributed by atoms with Gasteiger partial charge in [-0.25, -0.2) is 9.97 Å². The van der Waals surface area contributed by atoms with Crippen LogP contribution in [-0.4, -0.2) is 33.0 Å². The van der Waals surface area contributed by atoms with Gasteiger partial charge in [-0.05, 0) is 52.3 Å². The van der Waals surface area contributed by atoms with Crippen LogP contribution >= 0.6 is 23.7 Å². The fourth-order valence-corrected chi connectivity index (χ4v) is 4.48. The molecule has 7 heteroatoms. The van der Waals surface area contributed by atoms with Gasteiger partial charge in [0.2, 0.25) is 0 Å². The molecule has 136 valence electrons. The first-order valence-corrected chi connectivity index (χ1v) is 9.08. The van der Waals surface area contributed by atoms with Gasteiger partial charge in [-0.1, -0.05) is 0 Å². The number of hydrogen-bond acceptors (Lipinski definition) is 4. The highest BCUT2D eigenvalue weighted by Crippen LogP contribution is 2.32. The smallest absolute Gasteiger partial charge is 0.132 e. The highest BCUT2D eigenvalue weighted by molar-refractivity contribution is 7.12. The Hall–Kier alpha value is -1.47. The molecule has 5 nitrogen and oxygen atoms in total. The first-order chi connectivity index (χ1) is 11.1. The van der Waals surface area contributed by atoms with Crippen molar-refractivity contribution in [2.24, 2.45) is 0 Å². The largest absolute Gasteiger partial charge is 0.412 e. The molecular formula is C18H25ClN4OS. The van der Waals surface area contributed by atoms with Crippen LogP contribution in [0.2, 0.25) is 0 Å². The Labute approximate surface area is 158 Å². The summed E-state index contributed by atoms with van der Waals surface area (Å²) in [5.74, 6) is 1.47. The van der Waals surface area contributed by atoms with Crippen LogP contribution in [0.3, 0.4) is 0 Å². The van der Waals surface area contributed by atoms with Crippen LogP contribution in [0, 0.1) is 13.8 Å². The molecule has 25 heavy (non-hydrogen) atoms. The lowest BCUT2D eigenvalue weighted by molar-refractivity contribution is 0.371. The third-order valence-corrected chi connectivity index (χ3v) is 5.67. The molecule has 0 saturated carbocycles. The van der Waals surface area contributed by atoms with E-state index in [1.54, 1.807) is 0 Å². The van der Waals surface area contributed by atoms with Crippen molar-refractivity contribution in [2.75, 3.05) is 6.54 Å². The van der Waals surface area contributed by atoms with Gasteiger partial charge in [0.15, 0.2) is 0 Å². The summed E-state index contributed by atoms with van der Waals surface area (Å²) in [4.78, 5) is 15.6. The Morgan fingerprint density at radius 2 is 2.04 bits per heavy atom. The summed E-state index contributed by atoms with van der Waals surface area (Å²) >= 11 is 1.84. The zero-order valence-electron chi connectivity index (χ0n) is 14.7. The van der Waals surface area contributed by atoms with Crippen molar-refractivity contribution in [3.8, 4) is 11.3 Å². The molecular weight excluding hydrogens is 356 g/mol. The fourth-order valence-electron chi connectivity index (χ4n) is 3.54. The number of aromatic amines is 1. The number of hydrogen-bond donors (Lipinski definition) is 2. The van der Waals surface area contributed by atoms with Crippen molar-refractivity contribution in [3.05, 3.63) is 33.9 Å². The molecule has 0 bridgehead atoms. The molecule has 2 unspecified atom stereocenters. The number of aromatic nitrogens is 3. The van der Waals surface area contributed by atoms with Crippen molar-refractivity contribution in [3.63, 3.8) is 0 Å². The van der Waals surface area contributed by atoms with Gasteiger partial charge in [-0.2, -0.15) is 0 Å².